The van der Waals surface area contributed by atoms with Crippen LogP contribution in [-0.4, -0.2) is 26.0 Å². The lowest BCUT2D eigenvalue weighted by molar-refractivity contribution is -0.124. The Morgan fingerprint density at radius 2 is 1.76 bits per heavy atom. The lowest BCUT2D eigenvalue weighted by atomic mass is 9.84. The van der Waals surface area contributed by atoms with Crippen molar-refractivity contribution in [1.29, 1.82) is 0 Å². The molecule has 0 aromatic rings. The standard InChI is InChI=1S/C13H28N2O.ClH/c1-10(2)7-13(4,5)9-15-12(16)11(3)8-14-6;/h10-11,14H,7-9H2,1-6H3,(H,15,16);1H. The average molecular weight is 265 g/mol. The smallest absolute Gasteiger partial charge is 0.224 e. The summed E-state index contributed by atoms with van der Waals surface area (Å²) in [5, 5.41) is 6.05. The van der Waals surface area contributed by atoms with Gasteiger partial charge in [0.25, 0.3) is 0 Å². The second kappa shape index (κ2) is 8.76. The summed E-state index contributed by atoms with van der Waals surface area (Å²) in [4.78, 5) is 11.7. The molecule has 0 saturated carbocycles. The molecular formula is C13H29ClN2O. The Hall–Kier alpha value is -0.280. The zero-order chi connectivity index (χ0) is 12.8. The van der Waals surface area contributed by atoms with E-state index in [0.717, 1.165) is 19.5 Å². The van der Waals surface area contributed by atoms with Gasteiger partial charge in [-0.2, -0.15) is 0 Å². The molecule has 0 saturated heterocycles. The molecule has 0 aromatic heterocycles. The topological polar surface area (TPSA) is 41.1 Å². The van der Waals surface area contributed by atoms with E-state index in [2.05, 4.69) is 38.3 Å². The summed E-state index contributed by atoms with van der Waals surface area (Å²) in [5.74, 6) is 0.854. The van der Waals surface area contributed by atoms with Crippen molar-refractivity contribution >= 4 is 18.3 Å². The van der Waals surface area contributed by atoms with Gasteiger partial charge >= 0.3 is 0 Å². The van der Waals surface area contributed by atoms with Crippen LogP contribution in [0.25, 0.3) is 0 Å². The zero-order valence-corrected chi connectivity index (χ0v) is 12.9. The highest BCUT2D eigenvalue weighted by Crippen LogP contribution is 2.24. The molecule has 0 aliphatic heterocycles. The second-order valence-corrected chi connectivity index (χ2v) is 5.94. The Morgan fingerprint density at radius 1 is 1.24 bits per heavy atom. The van der Waals surface area contributed by atoms with Crippen LogP contribution in [0.4, 0.5) is 0 Å². The molecule has 1 atom stereocenters. The number of hydrogen-bond donors (Lipinski definition) is 2. The van der Waals surface area contributed by atoms with Gasteiger partial charge < -0.3 is 10.6 Å². The van der Waals surface area contributed by atoms with Crippen LogP contribution in [0.3, 0.4) is 0 Å². The molecule has 17 heavy (non-hydrogen) atoms. The van der Waals surface area contributed by atoms with Gasteiger partial charge in [0.15, 0.2) is 0 Å². The van der Waals surface area contributed by atoms with E-state index in [0.29, 0.717) is 5.92 Å². The van der Waals surface area contributed by atoms with E-state index in [1.165, 1.54) is 0 Å². The van der Waals surface area contributed by atoms with Crippen LogP contribution in [0, 0.1) is 17.3 Å². The van der Waals surface area contributed by atoms with E-state index in [1.807, 2.05) is 14.0 Å². The fourth-order valence-corrected chi connectivity index (χ4v) is 2.08. The summed E-state index contributed by atoms with van der Waals surface area (Å²) in [5.41, 5.74) is 0.184. The van der Waals surface area contributed by atoms with Gasteiger partial charge in [0.05, 0.1) is 0 Å². The Labute approximate surface area is 113 Å². The first kappa shape index (κ1) is 19.1. The third kappa shape index (κ3) is 9.42. The van der Waals surface area contributed by atoms with E-state index < -0.39 is 0 Å². The summed E-state index contributed by atoms with van der Waals surface area (Å²) in [6.45, 7) is 12.3. The predicted octanol–water partition coefficient (Wildman–Crippen LogP) is 2.45. The van der Waals surface area contributed by atoms with Crippen LogP contribution in [0.15, 0.2) is 0 Å². The molecule has 3 nitrogen and oxygen atoms in total. The number of halogens is 1. The lowest BCUT2D eigenvalue weighted by Gasteiger charge is -2.27. The number of carbonyl (C=O) groups is 1. The van der Waals surface area contributed by atoms with Crippen LogP contribution in [-0.2, 0) is 4.79 Å². The van der Waals surface area contributed by atoms with Crippen molar-refractivity contribution in [3.05, 3.63) is 0 Å². The largest absolute Gasteiger partial charge is 0.355 e. The summed E-state index contributed by atoms with van der Waals surface area (Å²) in [6, 6.07) is 0. The van der Waals surface area contributed by atoms with Crippen molar-refractivity contribution in [2.24, 2.45) is 17.3 Å². The normalized spacial score (nSPS) is 13.1. The van der Waals surface area contributed by atoms with E-state index in [4.69, 9.17) is 0 Å². The highest BCUT2D eigenvalue weighted by molar-refractivity contribution is 5.85. The number of hydrogen-bond acceptors (Lipinski definition) is 2. The summed E-state index contributed by atoms with van der Waals surface area (Å²) in [7, 11) is 1.87. The fraction of sp³-hybridized carbons (Fsp3) is 0.923. The van der Waals surface area contributed by atoms with E-state index in [9.17, 15) is 4.79 Å². The molecule has 0 fully saturated rings. The van der Waals surface area contributed by atoms with Gasteiger partial charge in [-0.25, -0.2) is 0 Å². The van der Waals surface area contributed by atoms with Gasteiger partial charge in [0.1, 0.15) is 0 Å². The SMILES string of the molecule is CNCC(C)C(=O)NCC(C)(C)CC(C)C.Cl. The third-order valence-corrected chi connectivity index (χ3v) is 2.66. The molecular weight excluding hydrogens is 236 g/mol. The number of carbonyl (C=O) groups excluding carboxylic acids is 1. The molecule has 0 aliphatic rings. The highest BCUT2D eigenvalue weighted by atomic mass is 35.5. The molecule has 1 unspecified atom stereocenters. The van der Waals surface area contributed by atoms with E-state index in [1.54, 1.807) is 0 Å². The molecule has 4 heteroatoms. The Kier molecular flexibility index (Phi) is 9.82. The monoisotopic (exact) mass is 264 g/mol. The van der Waals surface area contributed by atoms with Gasteiger partial charge in [-0.05, 0) is 24.8 Å². The molecule has 2 N–H and O–H groups in total. The molecule has 0 rings (SSSR count). The average Bonchev–Trinajstić information content (AvgIpc) is 2.12. The number of rotatable bonds is 7. The first-order valence-electron chi connectivity index (χ1n) is 6.21. The maximum absolute atomic E-state index is 11.7. The predicted molar refractivity (Wildman–Crippen MR) is 76.6 cm³/mol. The molecule has 0 spiro atoms. The van der Waals surface area contributed by atoms with Crippen LogP contribution in [0.1, 0.15) is 41.0 Å². The van der Waals surface area contributed by atoms with Crippen LogP contribution >= 0.6 is 12.4 Å². The Morgan fingerprint density at radius 3 is 2.18 bits per heavy atom. The maximum atomic E-state index is 11.7. The van der Waals surface area contributed by atoms with Gasteiger partial charge in [-0.3, -0.25) is 4.79 Å². The van der Waals surface area contributed by atoms with E-state index in [-0.39, 0.29) is 29.6 Å². The van der Waals surface area contributed by atoms with Crippen LogP contribution in [0.5, 0.6) is 0 Å². The third-order valence-electron chi connectivity index (χ3n) is 2.66. The zero-order valence-electron chi connectivity index (χ0n) is 12.1. The molecule has 0 aromatic carbocycles. The van der Waals surface area contributed by atoms with Crippen molar-refractivity contribution in [1.82, 2.24) is 10.6 Å². The molecule has 1 amide bonds. The maximum Gasteiger partial charge on any atom is 0.224 e. The Balaban J connectivity index is 0. The first-order chi connectivity index (χ1) is 7.28. The summed E-state index contributed by atoms with van der Waals surface area (Å²) >= 11 is 0. The quantitative estimate of drug-likeness (QED) is 0.742. The van der Waals surface area contributed by atoms with E-state index >= 15 is 0 Å². The second-order valence-electron chi connectivity index (χ2n) is 5.94. The summed E-state index contributed by atoms with van der Waals surface area (Å²) < 4.78 is 0. The van der Waals surface area contributed by atoms with Gasteiger partial charge in [-0.1, -0.05) is 34.6 Å². The molecule has 0 aliphatic carbocycles. The molecule has 0 radical (unpaired) electrons. The minimum atomic E-state index is 0. The number of amides is 1. The van der Waals surface area contributed by atoms with Crippen molar-refractivity contribution in [2.75, 3.05) is 20.1 Å². The van der Waals surface area contributed by atoms with Crippen molar-refractivity contribution in [3.8, 4) is 0 Å². The molecule has 0 heterocycles. The van der Waals surface area contributed by atoms with Crippen LogP contribution < -0.4 is 10.6 Å². The van der Waals surface area contributed by atoms with Crippen molar-refractivity contribution in [3.63, 3.8) is 0 Å². The minimum Gasteiger partial charge on any atom is -0.355 e. The highest BCUT2D eigenvalue weighted by Gasteiger charge is 2.21. The minimum absolute atomic E-state index is 0. The molecule has 104 valence electrons. The fourth-order valence-electron chi connectivity index (χ4n) is 2.08. The van der Waals surface area contributed by atoms with Gasteiger partial charge in [-0.15, -0.1) is 12.4 Å². The van der Waals surface area contributed by atoms with Crippen molar-refractivity contribution in [2.45, 2.75) is 41.0 Å². The van der Waals surface area contributed by atoms with Crippen LogP contribution in [0.2, 0.25) is 0 Å². The van der Waals surface area contributed by atoms with Gasteiger partial charge in [0, 0.05) is 19.0 Å². The molecule has 0 bridgehead atoms. The van der Waals surface area contributed by atoms with Gasteiger partial charge in [0.2, 0.25) is 5.91 Å². The Bertz CT molecular complexity index is 217. The summed E-state index contributed by atoms with van der Waals surface area (Å²) in [6.07, 6.45) is 1.13. The first-order valence-corrected chi connectivity index (χ1v) is 6.21. The number of nitrogens with one attached hydrogen (secondary N) is 2. The lowest BCUT2D eigenvalue weighted by Crippen LogP contribution is -2.39. The van der Waals surface area contributed by atoms with Crippen molar-refractivity contribution < 1.29 is 4.79 Å².